The Balaban J connectivity index is 2.66. The summed E-state index contributed by atoms with van der Waals surface area (Å²) in [6.07, 6.45) is 1.53. The molecule has 0 aromatic heterocycles. The zero-order chi connectivity index (χ0) is 16.2. The second kappa shape index (κ2) is 6.91. The third-order valence-electron chi connectivity index (χ3n) is 4.51. The highest BCUT2D eigenvalue weighted by molar-refractivity contribution is 5.86. The topological polar surface area (TPSA) is 92.5 Å². The molecule has 0 aromatic rings. The van der Waals surface area contributed by atoms with Gasteiger partial charge in [0, 0.05) is 18.5 Å². The average Bonchev–Trinajstić information content (AvgIpc) is 2.43. The Morgan fingerprint density at radius 2 is 1.95 bits per heavy atom. The molecule has 1 fully saturated rings. The molecule has 1 aliphatic rings. The van der Waals surface area contributed by atoms with E-state index in [4.69, 9.17) is 5.73 Å². The number of likely N-dealkylation sites (tertiary alicyclic amines) is 1. The normalized spacial score (nSPS) is 19.5. The first kappa shape index (κ1) is 17.5. The minimum atomic E-state index is -0.562. The van der Waals surface area contributed by atoms with Crippen LogP contribution in [0.4, 0.5) is 0 Å². The van der Waals surface area contributed by atoms with Crippen molar-refractivity contribution in [3.63, 3.8) is 0 Å². The number of primary amides is 1. The molecule has 120 valence electrons. The first-order chi connectivity index (χ1) is 9.66. The lowest BCUT2D eigenvalue weighted by Gasteiger charge is -2.38. The number of hydrogen-bond acceptors (Lipinski definition) is 3. The number of piperidine rings is 1. The van der Waals surface area contributed by atoms with Gasteiger partial charge in [-0.05, 0) is 18.8 Å². The quantitative estimate of drug-likeness (QED) is 0.774. The smallest absolute Gasteiger partial charge is 0.236 e. The maximum absolute atomic E-state index is 12.6. The second-order valence-electron chi connectivity index (χ2n) is 6.65. The predicted octanol–water partition coefficient (Wildman–Crippen LogP) is 0.509. The highest BCUT2D eigenvalue weighted by Crippen LogP contribution is 2.30. The number of hydrogen-bond donors (Lipinski definition) is 2. The maximum Gasteiger partial charge on any atom is 0.236 e. The van der Waals surface area contributed by atoms with Gasteiger partial charge < -0.3 is 16.0 Å². The van der Waals surface area contributed by atoms with Gasteiger partial charge in [-0.2, -0.15) is 0 Å². The molecule has 0 bridgehead atoms. The van der Waals surface area contributed by atoms with E-state index in [1.54, 1.807) is 4.90 Å². The summed E-state index contributed by atoms with van der Waals surface area (Å²) < 4.78 is 0. The molecule has 1 saturated heterocycles. The fourth-order valence-corrected chi connectivity index (χ4v) is 2.35. The SMILES string of the molecule is CC(C)C(C)(C)C(=O)N1CCCC(C(=O)NCC(N)=O)C1. The monoisotopic (exact) mass is 297 g/mol. The first-order valence-corrected chi connectivity index (χ1v) is 7.51. The molecule has 6 heteroatoms. The van der Waals surface area contributed by atoms with Crippen LogP contribution < -0.4 is 11.1 Å². The van der Waals surface area contributed by atoms with Crippen molar-refractivity contribution in [2.24, 2.45) is 23.0 Å². The van der Waals surface area contributed by atoms with Gasteiger partial charge in [0.2, 0.25) is 17.7 Å². The molecule has 1 atom stereocenters. The van der Waals surface area contributed by atoms with Crippen molar-refractivity contribution >= 4 is 17.7 Å². The molecule has 0 aromatic carbocycles. The van der Waals surface area contributed by atoms with Crippen molar-refractivity contribution in [3.8, 4) is 0 Å². The van der Waals surface area contributed by atoms with E-state index >= 15 is 0 Å². The molecule has 0 aliphatic carbocycles. The second-order valence-corrected chi connectivity index (χ2v) is 6.65. The Morgan fingerprint density at radius 1 is 1.33 bits per heavy atom. The van der Waals surface area contributed by atoms with Crippen LogP contribution in [0.2, 0.25) is 0 Å². The fourth-order valence-electron chi connectivity index (χ4n) is 2.35. The van der Waals surface area contributed by atoms with Gasteiger partial charge in [-0.3, -0.25) is 14.4 Å². The third kappa shape index (κ3) is 4.44. The van der Waals surface area contributed by atoms with Crippen molar-refractivity contribution in [2.45, 2.75) is 40.5 Å². The summed E-state index contributed by atoms with van der Waals surface area (Å²) in [6, 6.07) is 0. The van der Waals surface area contributed by atoms with E-state index in [9.17, 15) is 14.4 Å². The van der Waals surface area contributed by atoms with Crippen LogP contribution in [0, 0.1) is 17.3 Å². The average molecular weight is 297 g/mol. The number of amides is 3. The Hall–Kier alpha value is -1.59. The van der Waals surface area contributed by atoms with E-state index in [1.807, 2.05) is 27.7 Å². The minimum absolute atomic E-state index is 0.0879. The van der Waals surface area contributed by atoms with Gasteiger partial charge in [0.25, 0.3) is 0 Å². The van der Waals surface area contributed by atoms with Crippen LogP contribution in [-0.2, 0) is 14.4 Å². The summed E-state index contributed by atoms with van der Waals surface area (Å²) >= 11 is 0. The third-order valence-corrected chi connectivity index (χ3v) is 4.51. The van der Waals surface area contributed by atoms with Crippen LogP contribution in [0.3, 0.4) is 0 Å². The van der Waals surface area contributed by atoms with E-state index in [0.717, 1.165) is 12.8 Å². The minimum Gasteiger partial charge on any atom is -0.368 e. The molecule has 1 heterocycles. The van der Waals surface area contributed by atoms with E-state index in [2.05, 4.69) is 5.32 Å². The highest BCUT2D eigenvalue weighted by atomic mass is 16.2. The van der Waals surface area contributed by atoms with Crippen molar-refractivity contribution in [3.05, 3.63) is 0 Å². The van der Waals surface area contributed by atoms with Gasteiger partial charge in [-0.15, -0.1) is 0 Å². The highest BCUT2D eigenvalue weighted by Gasteiger charge is 2.37. The molecule has 6 nitrogen and oxygen atoms in total. The van der Waals surface area contributed by atoms with Gasteiger partial charge in [0.15, 0.2) is 0 Å². The summed E-state index contributed by atoms with van der Waals surface area (Å²) in [5, 5.41) is 2.52. The van der Waals surface area contributed by atoms with Crippen LogP contribution in [-0.4, -0.2) is 42.3 Å². The van der Waals surface area contributed by atoms with Crippen LogP contribution in [0.5, 0.6) is 0 Å². The zero-order valence-corrected chi connectivity index (χ0v) is 13.4. The lowest BCUT2D eigenvalue weighted by Crippen LogP contribution is -2.51. The number of rotatable bonds is 5. The lowest BCUT2D eigenvalue weighted by atomic mass is 9.79. The molecule has 21 heavy (non-hydrogen) atoms. The van der Waals surface area contributed by atoms with Crippen molar-refractivity contribution in [1.82, 2.24) is 10.2 Å². The van der Waals surface area contributed by atoms with Crippen LogP contribution in [0.15, 0.2) is 0 Å². The van der Waals surface area contributed by atoms with Gasteiger partial charge in [0.05, 0.1) is 12.5 Å². The number of carbonyl (C=O) groups is 3. The van der Waals surface area contributed by atoms with Crippen LogP contribution >= 0.6 is 0 Å². The largest absolute Gasteiger partial charge is 0.368 e. The standard InChI is InChI=1S/C15H27N3O3/c1-10(2)15(3,4)14(21)18-7-5-6-11(9-18)13(20)17-8-12(16)19/h10-11H,5-9H2,1-4H3,(H2,16,19)(H,17,20). The van der Waals surface area contributed by atoms with Crippen molar-refractivity contribution in [1.29, 1.82) is 0 Å². The molecule has 1 unspecified atom stereocenters. The molecule has 3 N–H and O–H groups in total. The van der Waals surface area contributed by atoms with Gasteiger partial charge in [0.1, 0.15) is 0 Å². The van der Waals surface area contributed by atoms with Gasteiger partial charge >= 0.3 is 0 Å². The maximum atomic E-state index is 12.6. The Labute approximate surface area is 126 Å². The van der Waals surface area contributed by atoms with Crippen molar-refractivity contribution in [2.75, 3.05) is 19.6 Å². The Kier molecular flexibility index (Phi) is 5.75. The Bertz CT molecular complexity index is 418. The summed E-state index contributed by atoms with van der Waals surface area (Å²) in [5.74, 6) is -0.703. The molecular formula is C15H27N3O3. The Morgan fingerprint density at radius 3 is 2.48 bits per heavy atom. The van der Waals surface area contributed by atoms with Gasteiger partial charge in [-0.1, -0.05) is 27.7 Å². The lowest BCUT2D eigenvalue weighted by molar-refractivity contribution is -0.146. The number of nitrogens with one attached hydrogen (secondary N) is 1. The van der Waals surface area contributed by atoms with Gasteiger partial charge in [-0.25, -0.2) is 0 Å². The molecule has 0 radical (unpaired) electrons. The molecule has 0 spiro atoms. The fraction of sp³-hybridized carbons (Fsp3) is 0.800. The van der Waals surface area contributed by atoms with Crippen LogP contribution in [0.25, 0.3) is 0 Å². The van der Waals surface area contributed by atoms with E-state index in [1.165, 1.54) is 0 Å². The summed E-state index contributed by atoms with van der Waals surface area (Å²) in [5.41, 5.74) is 4.58. The number of nitrogens with zero attached hydrogens (tertiary/aromatic N) is 1. The molecule has 1 aliphatic heterocycles. The predicted molar refractivity (Wildman–Crippen MR) is 80.1 cm³/mol. The summed E-state index contributed by atoms with van der Waals surface area (Å²) in [4.78, 5) is 37.1. The first-order valence-electron chi connectivity index (χ1n) is 7.51. The molecule has 3 amide bonds. The summed E-state index contributed by atoms with van der Waals surface area (Å²) in [7, 11) is 0. The number of nitrogens with two attached hydrogens (primary N) is 1. The number of carbonyl (C=O) groups excluding carboxylic acids is 3. The summed E-state index contributed by atoms with van der Waals surface area (Å²) in [6.45, 7) is 8.89. The van der Waals surface area contributed by atoms with Crippen molar-refractivity contribution < 1.29 is 14.4 Å². The zero-order valence-electron chi connectivity index (χ0n) is 13.4. The van der Waals surface area contributed by atoms with E-state index in [-0.39, 0.29) is 30.2 Å². The molecular weight excluding hydrogens is 270 g/mol. The molecule has 1 rings (SSSR count). The van der Waals surface area contributed by atoms with E-state index in [0.29, 0.717) is 13.1 Å². The van der Waals surface area contributed by atoms with Crippen LogP contribution in [0.1, 0.15) is 40.5 Å². The molecule has 0 saturated carbocycles. The van der Waals surface area contributed by atoms with E-state index < -0.39 is 11.3 Å².